The van der Waals surface area contributed by atoms with Gasteiger partial charge in [-0.25, -0.2) is 4.79 Å². The van der Waals surface area contributed by atoms with Crippen molar-refractivity contribution in [2.45, 2.75) is 12.2 Å². The summed E-state index contributed by atoms with van der Waals surface area (Å²) in [6, 6.07) is 4.40. The van der Waals surface area contributed by atoms with Gasteiger partial charge in [-0.3, -0.25) is 0 Å². The average Bonchev–Trinajstić information content (AvgIpc) is 2.34. The molecule has 2 atom stereocenters. The van der Waals surface area contributed by atoms with Crippen LogP contribution in [-0.4, -0.2) is 39.3 Å². The summed E-state index contributed by atoms with van der Waals surface area (Å²) in [5.74, 6) is -1.01. The Labute approximate surface area is 117 Å². The van der Waals surface area contributed by atoms with Crippen LogP contribution in [0.4, 0.5) is 0 Å². The fourth-order valence-electron chi connectivity index (χ4n) is 1.31. The van der Waals surface area contributed by atoms with Gasteiger partial charge in [0.2, 0.25) is 0 Å². The number of hydrogen-bond acceptors (Lipinski definition) is 4. The number of ether oxygens (including phenoxy) is 1. The van der Waals surface area contributed by atoms with Crippen molar-refractivity contribution in [3.8, 4) is 5.75 Å². The zero-order valence-corrected chi connectivity index (χ0v) is 11.6. The van der Waals surface area contributed by atoms with E-state index in [9.17, 15) is 15.0 Å². The molecule has 2 unspecified atom stereocenters. The maximum atomic E-state index is 10.5. The minimum Gasteiger partial charge on any atom is -0.481 e. The Morgan fingerprint density at radius 2 is 2.11 bits per heavy atom. The van der Waals surface area contributed by atoms with Crippen molar-refractivity contribution in [3.05, 3.63) is 28.8 Å². The van der Waals surface area contributed by atoms with Gasteiger partial charge in [-0.05, 0) is 12.1 Å². The molecule has 0 bridgehead atoms. The lowest BCUT2D eigenvalue weighted by atomic mass is 10.0. The lowest BCUT2D eigenvalue weighted by molar-refractivity contribution is -0.139. The number of aliphatic hydroxyl groups excluding tert-OH is 2. The van der Waals surface area contributed by atoms with Crippen LogP contribution < -0.4 is 4.74 Å². The van der Waals surface area contributed by atoms with Gasteiger partial charge in [-0.1, -0.05) is 33.6 Å². The van der Waals surface area contributed by atoms with Gasteiger partial charge in [0.25, 0.3) is 0 Å². The quantitative estimate of drug-likeness (QED) is 0.685. The minimum atomic E-state index is -1.19. The molecule has 0 spiro atoms. The van der Waals surface area contributed by atoms with Crippen LogP contribution in [0.3, 0.4) is 0 Å². The van der Waals surface area contributed by atoms with Gasteiger partial charge in [0.15, 0.2) is 6.61 Å². The Kier molecular flexibility index (Phi) is 5.87. The van der Waals surface area contributed by atoms with Crippen molar-refractivity contribution >= 4 is 33.5 Å². The SMILES string of the molecule is O=C(O)COc1cc(Cl)ccc1C(O)C(O)CBr. The monoisotopic (exact) mass is 338 g/mol. The smallest absolute Gasteiger partial charge is 0.341 e. The van der Waals surface area contributed by atoms with Gasteiger partial charge >= 0.3 is 5.97 Å². The Morgan fingerprint density at radius 1 is 1.44 bits per heavy atom. The van der Waals surface area contributed by atoms with Crippen molar-refractivity contribution in [3.63, 3.8) is 0 Å². The first-order valence-corrected chi connectivity index (χ1v) is 6.51. The van der Waals surface area contributed by atoms with E-state index in [0.29, 0.717) is 5.02 Å². The summed E-state index contributed by atoms with van der Waals surface area (Å²) in [6.07, 6.45) is -2.22. The molecule has 0 saturated carbocycles. The molecule has 1 aromatic carbocycles. The number of hydrogen-bond donors (Lipinski definition) is 3. The van der Waals surface area contributed by atoms with Crippen molar-refractivity contribution in [2.75, 3.05) is 11.9 Å². The van der Waals surface area contributed by atoms with Crippen molar-refractivity contribution in [2.24, 2.45) is 0 Å². The topological polar surface area (TPSA) is 87.0 Å². The van der Waals surface area contributed by atoms with Crippen molar-refractivity contribution in [1.29, 1.82) is 0 Å². The lowest BCUT2D eigenvalue weighted by Gasteiger charge is -2.19. The second-order valence-corrected chi connectivity index (χ2v) is 4.61. The molecule has 0 aromatic heterocycles. The second-order valence-electron chi connectivity index (χ2n) is 3.53. The van der Waals surface area contributed by atoms with Crippen LogP contribution in [0.25, 0.3) is 0 Å². The molecule has 0 aliphatic carbocycles. The Balaban J connectivity index is 2.98. The zero-order chi connectivity index (χ0) is 13.7. The number of carboxylic acids is 1. The molecule has 0 aliphatic heterocycles. The first-order valence-electron chi connectivity index (χ1n) is 5.02. The average molecular weight is 340 g/mol. The van der Waals surface area contributed by atoms with E-state index in [0.717, 1.165) is 0 Å². The summed E-state index contributed by atoms with van der Waals surface area (Å²) in [5.41, 5.74) is 0.285. The highest BCUT2D eigenvalue weighted by Gasteiger charge is 2.21. The van der Waals surface area contributed by atoms with E-state index in [1.165, 1.54) is 18.2 Å². The Bertz CT molecular complexity index is 426. The minimum absolute atomic E-state index is 0.136. The maximum Gasteiger partial charge on any atom is 0.341 e. The van der Waals surface area contributed by atoms with E-state index in [-0.39, 0.29) is 16.6 Å². The van der Waals surface area contributed by atoms with Crippen LogP contribution in [0.5, 0.6) is 5.75 Å². The normalized spacial score (nSPS) is 14.0. The summed E-state index contributed by atoms with van der Waals surface area (Å²) in [7, 11) is 0. The molecule has 0 saturated heterocycles. The third-order valence-electron chi connectivity index (χ3n) is 2.17. The van der Waals surface area contributed by atoms with E-state index in [2.05, 4.69) is 15.9 Å². The molecular formula is C11H12BrClO5. The van der Waals surface area contributed by atoms with Gasteiger partial charge < -0.3 is 20.1 Å². The first-order chi connectivity index (χ1) is 8.45. The van der Waals surface area contributed by atoms with Crippen LogP contribution in [-0.2, 0) is 4.79 Å². The molecule has 1 aromatic rings. The molecule has 5 nitrogen and oxygen atoms in total. The number of rotatable bonds is 6. The molecule has 1 rings (SSSR count). The number of benzene rings is 1. The Hall–Kier alpha value is -0.820. The molecule has 0 fully saturated rings. The first kappa shape index (κ1) is 15.2. The summed E-state index contributed by atoms with van der Waals surface area (Å²) in [6.45, 7) is -0.551. The van der Waals surface area contributed by atoms with Gasteiger partial charge in [0.1, 0.15) is 11.9 Å². The summed E-state index contributed by atoms with van der Waals surface area (Å²) in [4.78, 5) is 10.5. The molecule has 7 heteroatoms. The fourth-order valence-corrected chi connectivity index (χ4v) is 1.82. The highest BCUT2D eigenvalue weighted by molar-refractivity contribution is 9.09. The number of aliphatic hydroxyl groups is 2. The van der Waals surface area contributed by atoms with Gasteiger partial charge in [-0.2, -0.15) is 0 Å². The van der Waals surface area contributed by atoms with Crippen LogP contribution in [0.15, 0.2) is 18.2 Å². The van der Waals surface area contributed by atoms with Crippen molar-refractivity contribution in [1.82, 2.24) is 0 Å². The van der Waals surface area contributed by atoms with Crippen LogP contribution in [0.2, 0.25) is 5.02 Å². The summed E-state index contributed by atoms with van der Waals surface area (Å²) in [5, 5.41) is 28.5. The Morgan fingerprint density at radius 3 is 2.67 bits per heavy atom. The van der Waals surface area contributed by atoms with Gasteiger partial charge in [0.05, 0.1) is 6.10 Å². The molecule has 0 aliphatic rings. The van der Waals surface area contributed by atoms with E-state index in [1.807, 2.05) is 0 Å². The predicted octanol–water partition coefficient (Wildman–Crippen LogP) is 1.59. The highest BCUT2D eigenvalue weighted by Crippen LogP contribution is 2.30. The van der Waals surface area contributed by atoms with E-state index in [1.54, 1.807) is 0 Å². The summed E-state index contributed by atoms with van der Waals surface area (Å²) < 4.78 is 5.02. The predicted molar refractivity (Wildman–Crippen MR) is 69.3 cm³/mol. The number of alkyl halides is 1. The zero-order valence-electron chi connectivity index (χ0n) is 9.22. The fraction of sp³-hybridized carbons (Fsp3) is 0.364. The molecular weight excluding hydrogens is 327 g/mol. The largest absolute Gasteiger partial charge is 0.481 e. The van der Waals surface area contributed by atoms with E-state index < -0.39 is 24.8 Å². The molecule has 0 radical (unpaired) electrons. The second kappa shape index (κ2) is 6.94. The third-order valence-corrected chi connectivity index (χ3v) is 3.07. The number of carbonyl (C=O) groups is 1. The van der Waals surface area contributed by atoms with Gasteiger partial charge in [0, 0.05) is 15.9 Å². The molecule has 0 amide bonds. The van der Waals surface area contributed by atoms with E-state index >= 15 is 0 Å². The molecule has 3 N–H and O–H groups in total. The van der Waals surface area contributed by atoms with Gasteiger partial charge in [-0.15, -0.1) is 0 Å². The lowest BCUT2D eigenvalue weighted by Crippen LogP contribution is -2.21. The van der Waals surface area contributed by atoms with Crippen LogP contribution >= 0.6 is 27.5 Å². The number of aliphatic carboxylic acids is 1. The van der Waals surface area contributed by atoms with Crippen LogP contribution in [0.1, 0.15) is 11.7 Å². The molecule has 100 valence electrons. The highest BCUT2D eigenvalue weighted by atomic mass is 79.9. The van der Waals surface area contributed by atoms with Crippen molar-refractivity contribution < 1.29 is 24.9 Å². The molecule has 0 heterocycles. The summed E-state index contributed by atoms with van der Waals surface area (Å²) >= 11 is 8.81. The maximum absolute atomic E-state index is 10.5. The molecule has 18 heavy (non-hydrogen) atoms. The number of halogens is 2. The van der Waals surface area contributed by atoms with Crippen LogP contribution in [0, 0.1) is 0 Å². The number of carboxylic acid groups (broad SMARTS) is 1. The third kappa shape index (κ3) is 4.13. The standard InChI is InChI=1S/C11H12BrClO5/c12-4-8(14)11(17)7-2-1-6(13)3-9(7)18-5-10(15)16/h1-3,8,11,14,17H,4-5H2,(H,15,16). The van der Waals surface area contributed by atoms with E-state index in [4.69, 9.17) is 21.4 Å².